The van der Waals surface area contributed by atoms with Crippen molar-refractivity contribution in [3.8, 4) is 0 Å². The van der Waals surface area contributed by atoms with Crippen LogP contribution in [0.5, 0.6) is 0 Å². The first kappa shape index (κ1) is 17.0. The normalized spacial score (nSPS) is 26.2. The van der Waals surface area contributed by atoms with E-state index in [9.17, 15) is 13.2 Å². The van der Waals surface area contributed by atoms with Crippen LogP contribution in [-0.2, 0) is 14.8 Å². The maximum absolute atomic E-state index is 13.1. The topological polar surface area (TPSA) is 69.7 Å². The lowest BCUT2D eigenvalue weighted by atomic mass is 9.92. The lowest BCUT2D eigenvalue weighted by Crippen LogP contribution is -2.42. The van der Waals surface area contributed by atoms with E-state index in [-0.39, 0.29) is 12.5 Å². The molecule has 1 N–H and O–H groups in total. The van der Waals surface area contributed by atoms with Crippen molar-refractivity contribution >= 4 is 32.4 Å². The highest BCUT2D eigenvalue weighted by molar-refractivity contribution is 7.93. The third kappa shape index (κ3) is 2.63. The van der Waals surface area contributed by atoms with E-state index in [1.807, 2.05) is 23.1 Å². The number of hydrogen-bond donors (Lipinski definition) is 1. The highest BCUT2D eigenvalue weighted by atomic mass is 32.2. The number of fused-ring (bicyclic) bond motifs is 1. The quantitative estimate of drug-likeness (QED) is 0.856. The number of rotatable bonds is 2. The first-order valence-electron chi connectivity index (χ1n) is 9.59. The van der Waals surface area contributed by atoms with Gasteiger partial charge in [0.2, 0.25) is 5.91 Å². The first-order valence-corrected chi connectivity index (χ1v) is 11.0. The Balaban J connectivity index is 1.41. The zero-order valence-corrected chi connectivity index (χ0v) is 15.9. The van der Waals surface area contributed by atoms with Crippen LogP contribution in [0.2, 0.25) is 0 Å². The molecule has 3 aliphatic rings. The zero-order valence-electron chi connectivity index (χ0n) is 15.1. The minimum atomic E-state index is -3.68. The van der Waals surface area contributed by atoms with Crippen LogP contribution in [0.15, 0.2) is 41.3 Å². The van der Waals surface area contributed by atoms with Gasteiger partial charge in [0.15, 0.2) is 0 Å². The van der Waals surface area contributed by atoms with Gasteiger partial charge in [0, 0.05) is 18.5 Å². The molecule has 142 valence electrons. The van der Waals surface area contributed by atoms with Crippen LogP contribution in [0.25, 0.3) is 10.8 Å². The van der Waals surface area contributed by atoms with E-state index in [1.54, 1.807) is 18.2 Å². The summed E-state index contributed by atoms with van der Waals surface area (Å²) in [6, 6.07) is 10.8. The standard InChI is InChI=1S/C20H23N3O3S/c24-19(22-9-7-15-11-21-12-16(15)8-10-22)13-23-17-5-1-3-14-4-2-6-18(20(14)17)27(23,25)26/h1-6,15-16,21H,7-13H2/t15-,16+. The van der Waals surface area contributed by atoms with Crippen LogP contribution in [0.3, 0.4) is 0 Å². The molecule has 2 atom stereocenters. The second kappa shape index (κ2) is 6.21. The van der Waals surface area contributed by atoms with Gasteiger partial charge in [-0.1, -0.05) is 24.3 Å². The van der Waals surface area contributed by atoms with Crippen molar-refractivity contribution in [1.29, 1.82) is 0 Å². The molecule has 2 aromatic carbocycles. The highest BCUT2D eigenvalue weighted by Gasteiger charge is 2.38. The predicted molar refractivity (Wildman–Crippen MR) is 104 cm³/mol. The Morgan fingerprint density at radius 2 is 1.70 bits per heavy atom. The number of nitrogens with zero attached hydrogens (tertiary/aromatic N) is 2. The number of carbonyl (C=O) groups is 1. The maximum Gasteiger partial charge on any atom is 0.265 e. The van der Waals surface area contributed by atoms with E-state index in [2.05, 4.69) is 5.32 Å². The largest absolute Gasteiger partial charge is 0.341 e. The van der Waals surface area contributed by atoms with Gasteiger partial charge < -0.3 is 10.2 Å². The summed E-state index contributed by atoms with van der Waals surface area (Å²) in [7, 11) is -3.68. The number of benzene rings is 2. The molecular weight excluding hydrogens is 362 g/mol. The molecule has 0 unspecified atom stereocenters. The number of amides is 1. The summed E-state index contributed by atoms with van der Waals surface area (Å²) >= 11 is 0. The Hall–Kier alpha value is -2.12. The minimum Gasteiger partial charge on any atom is -0.341 e. The Morgan fingerprint density at radius 3 is 2.41 bits per heavy atom. The molecule has 27 heavy (non-hydrogen) atoms. The van der Waals surface area contributed by atoms with Gasteiger partial charge in [-0.25, -0.2) is 8.42 Å². The molecule has 6 nitrogen and oxygen atoms in total. The Morgan fingerprint density at radius 1 is 1.04 bits per heavy atom. The SMILES string of the molecule is O=C(CN1c2cccc3cccc(c23)S1(=O)=O)N1CC[C@@H]2CNC[C@@H]2CC1. The second-order valence-corrected chi connectivity index (χ2v) is 9.61. The third-order valence-corrected chi connectivity index (χ3v) is 8.13. The third-order valence-electron chi connectivity index (χ3n) is 6.33. The van der Waals surface area contributed by atoms with Crippen LogP contribution < -0.4 is 9.62 Å². The zero-order chi connectivity index (χ0) is 18.6. The molecule has 0 aliphatic carbocycles. The lowest BCUT2D eigenvalue weighted by molar-refractivity contribution is -0.129. The average molecular weight is 385 g/mol. The Labute approximate surface area is 159 Å². The van der Waals surface area contributed by atoms with E-state index in [1.165, 1.54) is 4.31 Å². The average Bonchev–Trinajstić information content (AvgIpc) is 3.12. The summed E-state index contributed by atoms with van der Waals surface area (Å²) in [5.41, 5.74) is 0.618. The van der Waals surface area contributed by atoms with Gasteiger partial charge in [-0.3, -0.25) is 9.10 Å². The van der Waals surface area contributed by atoms with Gasteiger partial charge >= 0.3 is 0 Å². The van der Waals surface area contributed by atoms with E-state index in [4.69, 9.17) is 0 Å². The molecule has 5 rings (SSSR count). The van der Waals surface area contributed by atoms with Crippen molar-refractivity contribution in [1.82, 2.24) is 10.2 Å². The molecule has 0 radical (unpaired) electrons. The van der Waals surface area contributed by atoms with E-state index < -0.39 is 10.0 Å². The molecule has 0 saturated carbocycles. The van der Waals surface area contributed by atoms with Crippen molar-refractivity contribution < 1.29 is 13.2 Å². The molecule has 0 aromatic heterocycles. The molecule has 2 fully saturated rings. The monoisotopic (exact) mass is 385 g/mol. The Bertz CT molecular complexity index is 1000. The van der Waals surface area contributed by atoms with E-state index in [0.29, 0.717) is 35.5 Å². The molecule has 1 amide bonds. The summed E-state index contributed by atoms with van der Waals surface area (Å²) in [6.07, 6.45) is 1.98. The van der Waals surface area contributed by atoms with Crippen molar-refractivity contribution in [2.75, 3.05) is 37.0 Å². The summed E-state index contributed by atoms with van der Waals surface area (Å²) in [4.78, 5) is 15.2. The van der Waals surface area contributed by atoms with Crippen LogP contribution in [0, 0.1) is 11.8 Å². The highest BCUT2D eigenvalue weighted by Crippen LogP contribution is 2.41. The first-order chi connectivity index (χ1) is 13.1. The van der Waals surface area contributed by atoms with E-state index in [0.717, 1.165) is 36.7 Å². The smallest absolute Gasteiger partial charge is 0.265 e. The summed E-state index contributed by atoms with van der Waals surface area (Å²) in [5, 5.41) is 5.05. The number of likely N-dealkylation sites (tertiary alicyclic amines) is 1. The van der Waals surface area contributed by atoms with Crippen molar-refractivity contribution in [3.63, 3.8) is 0 Å². The summed E-state index contributed by atoms with van der Waals surface area (Å²) in [6.45, 7) is 3.37. The molecule has 0 bridgehead atoms. The second-order valence-electron chi connectivity index (χ2n) is 7.78. The minimum absolute atomic E-state index is 0.101. The van der Waals surface area contributed by atoms with Gasteiger partial charge in [0.25, 0.3) is 10.0 Å². The van der Waals surface area contributed by atoms with Crippen LogP contribution >= 0.6 is 0 Å². The van der Waals surface area contributed by atoms with Gasteiger partial charge in [-0.15, -0.1) is 0 Å². The molecule has 2 aromatic rings. The van der Waals surface area contributed by atoms with Crippen LogP contribution in [0.1, 0.15) is 12.8 Å². The fraction of sp³-hybridized carbons (Fsp3) is 0.450. The summed E-state index contributed by atoms with van der Waals surface area (Å²) < 4.78 is 27.4. The van der Waals surface area contributed by atoms with Crippen LogP contribution in [0.4, 0.5) is 5.69 Å². The number of sulfonamides is 1. The number of anilines is 1. The van der Waals surface area contributed by atoms with E-state index >= 15 is 0 Å². The fourth-order valence-corrected chi connectivity index (χ4v) is 6.48. The molecule has 0 spiro atoms. The predicted octanol–water partition coefficient (Wildman–Crippen LogP) is 1.81. The van der Waals surface area contributed by atoms with Gasteiger partial charge in [-0.05, 0) is 55.3 Å². The van der Waals surface area contributed by atoms with Crippen molar-refractivity contribution in [2.24, 2.45) is 11.8 Å². The van der Waals surface area contributed by atoms with Gasteiger partial charge in [0.05, 0.1) is 10.6 Å². The molecular formula is C20H23N3O3S. The number of nitrogens with one attached hydrogen (secondary N) is 1. The molecule has 7 heteroatoms. The molecule has 3 heterocycles. The van der Waals surface area contributed by atoms with Crippen LogP contribution in [-0.4, -0.2) is 51.9 Å². The van der Waals surface area contributed by atoms with Gasteiger partial charge in [-0.2, -0.15) is 0 Å². The lowest BCUT2D eigenvalue weighted by Gasteiger charge is -2.25. The number of carbonyl (C=O) groups excluding carboxylic acids is 1. The Kier molecular flexibility index (Phi) is 3.91. The van der Waals surface area contributed by atoms with Crippen molar-refractivity contribution in [3.05, 3.63) is 36.4 Å². The summed E-state index contributed by atoms with van der Waals surface area (Å²) in [5.74, 6) is 1.17. The van der Waals surface area contributed by atoms with Gasteiger partial charge in [0.1, 0.15) is 6.54 Å². The number of hydrogen-bond acceptors (Lipinski definition) is 4. The molecule has 3 aliphatic heterocycles. The fourth-order valence-electron chi connectivity index (χ4n) is 4.82. The maximum atomic E-state index is 13.1. The molecule has 2 saturated heterocycles. The van der Waals surface area contributed by atoms with Crippen molar-refractivity contribution in [2.45, 2.75) is 17.7 Å².